The van der Waals surface area contributed by atoms with E-state index >= 15 is 0 Å². The number of carbonyl (C=O) groups is 1. The van der Waals surface area contributed by atoms with Gasteiger partial charge in [0.25, 0.3) is 0 Å². The van der Waals surface area contributed by atoms with Crippen LogP contribution in [0.3, 0.4) is 0 Å². The van der Waals surface area contributed by atoms with E-state index in [2.05, 4.69) is 53.4 Å². The topological polar surface area (TPSA) is 29.1 Å². The summed E-state index contributed by atoms with van der Waals surface area (Å²) in [6.07, 6.45) is 9.52. The standard InChI is InChI=1S/C23H45NO/c1-18(13-10-15-24-8)11-9-12-19(2)17-20(3)22(5)23(6,7)21(4)14-16-25/h16,18-21,24H,5,9-15,17H2,1-4,6-8H3. The van der Waals surface area contributed by atoms with Gasteiger partial charge in [0.2, 0.25) is 0 Å². The third kappa shape index (κ3) is 9.58. The quantitative estimate of drug-likeness (QED) is 0.214. The Morgan fingerprint density at radius 2 is 1.60 bits per heavy atom. The molecule has 0 heterocycles. The van der Waals surface area contributed by atoms with Gasteiger partial charge in [-0.1, -0.05) is 73.0 Å². The van der Waals surface area contributed by atoms with Crippen molar-refractivity contribution in [2.24, 2.45) is 29.1 Å². The number of allylic oxidation sites excluding steroid dienone is 1. The van der Waals surface area contributed by atoms with Crippen LogP contribution in [0.15, 0.2) is 12.2 Å². The maximum Gasteiger partial charge on any atom is 0.120 e. The van der Waals surface area contributed by atoms with E-state index < -0.39 is 0 Å². The zero-order valence-electron chi connectivity index (χ0n) is 18.2. The van der Waals surface area contributed by atoms with Crippen LogP contribution in [0, 0.1) is 29.1 Å². The van der Waals surface area contributed by atoms with Gasteiger partial charge in [-0.15, -0.1) is 0 Å². The van der Waals surface area contributed by atoms with Crippen LogP contribution >= 0.6 is 0 Å². The first kappa shape index (κ1) is 24.4. The molecule has 0 fully saturated rings. The number of hydrogen-bond acceptors (Lipinski definition) is 2. The first-order valence-electron chi connectivity index (χ1n) is 10.4. The highest BCUT2D eigenvalue weighted by molar-refractivity contribution is 5.50. The molecule has 0 aromatic heterocycles. The third-order valence-corrected chi connectivity index (χ3v) is 6.38. The molecule has 0 spiro atoms. The molecular weight excluding hydrogens is 306 g/mol. The lowest BCUT2D eigenvalue weighted by Gasteiger charge is -2.37. The zero-order chi connectivity index (χ0) is 19.5. The van der Waals surface area contributed by atoms with Crippen LogP contribution in [0.25, 0.3) is 0 Å². The summed E-state index contributed by atoms with van der Waals surface area (Å²) < 4.78 is 0. The van der Waals surface area contributed by atoms with Crippen LogP contribution in [0.2, 0.25) is 0 Å². The fourth-order valence-electron chi connectivity index (χ4n) is 3.84. The molecule has 4 atom stereocenters. The highest BCUT2D eigenvalue weighted by atomic mass is 16.1. The van der Waals surface area contributed by atoms with Crippen LogP contribution in [-0.4, -0.2) is 19.9 Å². The van der Waals surface area contributed by atoms with Crippen LogP contribution in [0.4, 0.5) is 0 Å². The van der Waals surface area contributed by atoms with Crippen LogP contribution in [0.1, 0.15) is 86.5 Å². The summed E-state index contributed by atoms with van der Waals surface area (Å²) in [7, 11) is 2.03. The summed E-state index contributed by atoms with van der Waals surface area (Å²) in [5.74, 6) is 2.46. The molecule has 0 aliphatic heterocycles. The van der Waals surface area contributed by atoms with Crippen molar-refractivity contribution in [3.8, 4) is 0 Å². The van der Waals surface area contributed by atoms with Crippen molar-refractivity contribution in [2.45, 2.75) is 86.5 Å². The fourth-order valence-corrected chi connectivity index (χ4v) is 3.84. The highest BCUT2D eigenvalue weighted by Gasteiger charge is 2.31. The van der Waals surface area contributed by atoms with Gasteiger partial charge in [0.15, 0.2) is 0 Å². The number of carbonyl (C=O) groups excluding carboxylic acids is 1. The fraction of sp³-hybridized carbons (Fsp3) is 0.870. The van der Waals surface area contributed by atoms with E-state index in [1.54, 1.807) is 0 Å². The van der Waals surface area contributed by atoms with Crippen molar-refractivity contribution in [3.05, 3.63) is 12.2 Å². The minimum Gasteiger partial charge on any atom is -0.320 e. The molecule has 2 heteroatoms. The first-order chi connectivity index (χ1) is 11.7. The molecule has 0 aromatic rings. The molecule has 0 bridgehead atoms. The van der Waals surface area contributed by atoms with E-state index in [9.17, 15) is 4.79 Å². The van der Waals surface area contributed by atoms with Gasteiger partial charge < -0.3 is 10.1 Å². The van der Waals surface area contributed by atoms with Gasteiger partial charge >= 0.3 is 0 Å². The molecule has 0 aliphatic carbocycles. The van der Waals surface area contributed by atoms with Gasteiger partial charge in [0.05, 0.1) is 0 Å². The lowest BCUT2D eigenvalue weighted by atomic mass is 9.68. The summed E-state index contributed by atoms with van der Waals surface area (Å²) in [6.45, 7) is 19.3. The van der Waals surface area contributed by atoms with E-state index in [1.807, 2.05) is 7.05 Å². The van der Waals surface area contributed by atoms with Gasteiger partial charge in [-0.05, 0) is 61.9 Å². The number of nitrogens with one attached hydrogen (secondary N) is 1. The lowest BCUT2D eigenvalue weighted by molar-refractivity contribution is -0.109. The third-order valence-electron chi connectivity index (χ3n) is 6.38. The SMILES string of the molecule is C=C(C(C)CC(C)CCCC(C)CCCNC)C(C)(C)C(C)CC=O. The van der Waals surface area contributed by atoms with E-state index in [0.29, 0.717) is 18.3 Å². The van der Waals surface area contributed by atoms with Crippen molar-refractivity contribution in [1.29, 1.82) is 0 Å². The summed E-state index contributed by atoms with van der Waals surface area (Å²) in [5, 5.41) is 3.23. The summed E-state index contributed by atoms with van der Waals surface area (Å²) in [6, 6.07) is 0. The highest BCUT2D eigenvalue weighted by Crippen LogP contribution is 2.41. The predicted octanol–water partition coefficient (Wildman–Crippen LogP) is 6.26. The molecule has 0 radical (unpaired) electrons. The molecule has 2 nitrogen and oxygen atoms in total. The van der Waals surface area contributed by atoms with E-state index in [1.165, 1.54) is 44.1 Å². The number of aldehydes is 1. The van der Waals surface area contributed by atoms with Crippen LogP contribution in [0.5, 0.6) is 0 Å². The maximum absolute atomic E-state index is 10.9. The summed E-state index contributed by atoms with van der Waals surface area (Å²) in [4.78, 5) is 10.9. The Morgan fingerprint density at radius 1 is 1.04 bits per heavy atom. The molecule has 4 unspecified atom stereocenters. The van der Waals surface area contributed by atoms with Crippen molar-refractivity contribution < 1.29 is 4.79 Å². The van der Waals surface area contributed by atoms with E-state index in [4.69, 9.17) is 0 Å². The van der Waals surface area contributed by atoms with E-state index in [0.717, 1.165) is 24.7 Å². The molecule has 25 heavy (non-hydrogen) atoms. The van der Waals surface area contributed by atoms with Gasteiger partial charge in [0.1, 0.15) is 6.29 Å². The molecule has 0 rings (SSSR count). The van der Waals surface area contributed by atoms with Crippen molar-refractivity contribution in [3.63, 3.8) is 0 Å². The Labute approximate surface area is 158 Å². The summed E-state index contributed by atoms with van der Waals surface area (Å²) >= 11 is 0. The molecular formula is C23H45NO. The Balaban J connectivity index is 4.21. The van der Waals surface area contributed by atoms with Gasteiger partial charge in [0, 0.05) is 6.42 Å². The van der Waals surface area contributed by atoms with Gasteiger partial charge in [-0.2, -0.15) is 0 Å². The predicted molar refractivity (Wildman–Crippen MR) is 112 cm³/mol. The maximum atomic E-state index is 10.9. The lowest BCUT2D eigenvalue weighted by Crippen LogP contribution is -2.28. The van der Waals surface area contributed by atoms with Gasteiger partial charge in [-0.3, -0.25) is 0 Å². The monoisotopic (exact) mass is 351 g/mol. The molecule has 1 N–H and O–H groups in total. The van der Waals surface area contributed by atoms with Crippen molar-refractivity contribution >= 4 is 6.29 Å². The minimum absolute atomic E-state index is 0.0296. The molecule has 148 valence electrons. The number of hydrogen-bond donors (Lipinski definition) is 1. The Bertz CT molecular complexity index is 374. The molecule has 0 saturated heterocycles. The van der Waals surface area contributed by atoms with Crippen molar-refractivity contribution in [1.82, 2.24) is 5.32 Å². The van der Waals surface area contributed by atoms with Crippen LogP contribution in [-0.2, 0) is 4.79 Å². The minimum atomic E-state index is 0.0296. The summed E-state index contributed by atoms with van der Waals surface area (Å²) in [5.41, 5.74) is 1.34. The number of rotatable bonds is 15. The Kier molecular flexibility index (Phi) is 12.4. The van der Waals surface area contributed by atoms with Crippen LogP contribution < -0.4 is 5.32 Å². The zero-order valence-corrected chi connectivity index (χ0v) is 18.2. The average molecular weight is 352 g/mol. The average Bonchev–Trinajstić information content (AvgIpc) is 2.54. The van der Waals surface area contributed by atoms with E-state index in [-0.39, 0.29) is 5.41 Å². The molecule has 0 aliphatic rings. The molecule has 0 amide bonds. The van der Waals surface area contributed by atoms with Crippen molar-refractivity contribution in [2.75, 3.05) is 13.6 Å². The largest absolute Gasteiger partial charge is 0.320 e. The van der Waals surface area contributed by atoms with Gasteiger partial charge in [-0.25, -0.2) is 0 Å². The second kappa shape index (κ2) is 12.7. The second-order valence-corrected chi connectivity index (χ2v) is 9.07. The molecule has 0 saturated carbocycles. The molecule has 0 aromatic carbocycles. The first-order valence-corrected chi connectivity index (χ1v) is 10.4. The smallest absolute Gasteiger partial charge is 0.120 e. The normalized spacial score (nSPS) is 16.9. The Hall–Kier alpha value is -0.630. The Morgan fingerprint density at radius 3 is 2.16 bits per heavy atom. The second-order valence-electron chi connectivity index (χ2n) is 9.07.